The maximum Gasteiger partial charge on any atom is 0.250 e. The molecule has 0 saturated carbocycles. The fraction of sp³-hybridized carbons (Fsp3) is 0.105. The van der Waals surface area contributed by atoms with E-state index in [1.807, 2.05) is 54.6 Å². The quantitative estimate of drug-likeness (QED) is 0.674. The minimum absolute atomic E-state index is 0.209. The number of nitrogens with zero attached hydrogens (tertiary/aromatic N) is 3. The van der Waals surface area contributed by atoms with Crippen molar-refractivity contribution < 1.29 is 4.79 Å². The van der Waals surface area contributed by atoms with Crippen LogP contribution in [0, 0.1) is 0 Å². The number of aromatic nitrogens is 3. The van der Waals surface area contributed by atoms with E-state index in [1.165, 1.54) is 6.92 Å². The number of carbonyl (C=O) groups excluding carboxylic acids is 1. The summed E-state index contributed by atoms with van der Waals surface area (Å²) in [6.07, 6.45) is 2.05. The molecule has 2 N–H and O–H groups in total. The predicted molar refractivity (Wildman–Crippen MR) is 107 cm³/mol. The molecule has 0 saturated heterocycles. The second kappa shape index (κ2) is 7.06. The molecule has 136 valence electrons. The number of nitrogens with one attached hydrogen (secondary N) is 2. The van der Waals surface area contributed by atoms with Gasteiger partial charge in [0.2, 0.25) is 11.9 Å². The number of allylic oxidation sites excluding steroid dienone is 1. The third-order valence-electron chi connectivity index (χ3n) is 4.12. The van der Waals surface area contributed by atoms with E-state index in [9.17, 15) is 4.79 Å². The third-order valence-corrected chi connectivity index (χ3v) is 4.62. The maximum atomic E-state index is 11.4. The smallest absolute Gasteiger partial charge is 0.250 e. The topological polar surface area (TPSA) is 71.8 Å². The average molecular weight is 400 g/mol. The lowest BCUT2D eigenvalue weighted by atomic mass is 10.0. The molecule has 1 atom stereocenters. The van der Waals surface area contributed by atoms with E-state index in [1.54, 1.807) is 4.68 Å². The molecule has 1 aliphatic rings. The summed E-state index contributed by atoms with van der Waals surface area (Å²) in [5.41, 5.74) is 2.84. The Morgan fingerprint density at radius 3 is 2.33 bits per heavy atom. The summed E-state index contributed by atoms with van der Waals surface area (Å²) in [7, 11) is 0. The van der Waals surface area contributed by atoms with Crippen molar-refractivity contribution in [2.75, 3.05) is 10.6 Å². The van der Waals surface area contributed by atoms with Crippen molar-refractivity contribution in [2.24, 2.45) is 0 Å². The predicted octanol–water partition coefficient (Wildman–Crippen LogP) is 4.60. The number of halogens is 2. The van der Waals surface area contributed by atoms with E-state index in [-0.39, 0.29) is 17.9 Å². The molecule has 3 aromatic rings. The van der Waals surface area contributed by atoms with Crippen molar-refractivity contribution in [2.45, 2.75) is 13.0 Å². The van der Waals surface area contributed by atoms with E-state index in [0.717, 1.165) is 16.8 Å². The van der Waals surface area contributed by atoms with Gasteiger partial charge in [-0.2, -0.15) is 4.98 Å². The second-order valence-electron chi connectivity index (χ2n) is 6.09. The number of carbonyl (C=O) groups is 1. The Kier molecular flexibility index (Phi) is 4.59. The summed E-state index contributed by atoms with van der Waals surface area (Å²) in [6.45, 7) is 1.42. The van der Waals surface area contributed by atoms with Crippen molar-refractivity contribution in [3.63, 3.8) is 0 Å². The minimum atomic E-state index is -0.230. The van der Waals surface area contributed by atoms with Gasteiger partial charge in [-0.15, -0.1) is 5.10 Å². The van der Waals surface area contributed by atoms with Gasteiger partial charge in [-0.25, -0.2) is 4.68 Å². The van der Waals surface area contributed by atoms with E-state index < -0.39 is 0 Å². The van der Waals surface area contributed by atoms with Gasteiger partial charge in [0.05, 0.1) is 0 Å². The molecule has 0 bridgehead atoms. The van der Waals surface area contributed by atoms with Gasteiger partial charge in [0.25, 0.3) is 5.95 Å². The zero-order valence-corrected chi connectivity index (χ0v) is 15.8. The summed E-state index contributed by atoms with van der Waals surface area (Å²) >= 11 is 12.0. The number of hydrogen-bond acceptors (Lipinski definition) is 4. The summed E-state index contributed by atoms with van der Waals surface area (Å²) in [4.78, 5) is 15.8. The van der Waals surface area contributed by atoms with Crippen LogP contribution in [0.15, 0.2) is 54.6 Å². The number of hydrogen-bond donors (Lipinski definition) is 2. The van der Waals surface area contributed by atoms with E-state index >= 15 is 0 Å². The Bertz CT molecular complexity index is 1030. The highest BCUT2D eigenvalue weighted by Gasteiger charge is 2.25. The number of anilines is 2. The van der Waals surface area contributed by atoms with Crippen molar-refractivity contribution in [1.82, 2.24) is 14.8 Å². The highest BCUT2D eigenvalue weighted by atomic mass is 35.5. The lowest BCUT2D eigenvalue weighted by Gasteiger charge is -2.24. The molecule has 1 aromatic heterocycles. The van der Waals surface area contributed by atoms with E-state index in [0.29, 0.717) is 16.0 Å². The lowest BCUT2D eigenvalue weighted by molar-refractivity contribution is -0.114. The first-order chi connectivity index (χ1) is 13.0. The highest BCUT2D eigenvalue weighted by Crippen LogP contribution is 2.33. The van der Waals surface area contributed by atoms with Crippen molar-refractivity contribution >= 4 is 46.7 Å². The van der Waals surface area contributed by atoms with Crippen LogP contribution in [0.25, 0.3) is 5.70 Å². The van der Waals surface area contributed by atoms with Gasteiger partial charge in [0, 0.05) is 22.7 Å². The molecular formula is C19H15Cl2N5O. The molecule has 1 unspecified atom stereocenters. The first kappa shape index (κ1) is 17.6. The maximum absolute atomic E-state index is 11.4. The minimum Gasteiger partial charge on any atom is -0.324 e. The van der Waals surface area contributed by atoms with E-state index in [2.05, 4.69) is 20.7 Å². The van der Waals surface area contributed by atoms with Crippen LogP contribution < -0.4 is 10.6 Å². The monoisotopic (exact) mass is 399 g/mol. The number of fused-ring (bicyclic) bond motifs is 1. The zero-order valence-electron chi connectivity index (χ0n) is 14.3. The van der Waals surface area contributed by atoms with Crippen LogP contribution >= 0.6 is 23.2 Å². The lowest BCUT2D eigenvalue weighted by Crippen LogP contribution is -2.20. The molecular weight excluding hydrogens is 385 g/mol. The summed E-state index contributed by atoms with van der Waals surface area (Å²) in [6, 6.07) is 14.9. The summed E-state index contributed by atoms with van der Waals surface area (Å²) in [5.74, 6) is 0.549. The van der Waals surface area contributed by atoms with Gasteiger partial charge in [0.15, 0.2) is 0 Å². The fourth-order valence-electron chi connectivity index (χ4n) is 2.90. The van der Waals surface area contributed by atoms with E-state index in [4.69, 9.17) is 23.2 Å². The molecule has 8 heteroatoms. The molecule has 27 heavy (non-hydrogen) atoms. The first-order valence-electron chi connectivity index (χ1n) is 8.24. The van der Waals surface area contributed by atoms with Gasteiger partial charge < -0.3 is 5.32 Å². The van der Waals surface area contributed by atoms with Crippen LogP contribution in [0.3, 0.4) is 0 Å². The molecule has 1 amide bonds. The Hall–Kier alpha value is -2.83. The van der Waals surface area contributed by atoms with Crippen LogP contribution in [0.4, 0.5) is 11.9 Å². The second-order valence-corrected chi connectivity index (χ2v) is 6.97. The molecule has 1 aliphatic heterocycles. The summed E-state index contributed by atoms with van der Waals surface area (Å²) < 4.78 is 1.73. The van der Waals surface area contributed by atoms with Gasteiger partial charge >= 0.3 is 0 Å². The van der Waals surface area contributed by atoms with Crippen LogP contribution in [0.5, 0.6) is 0 Å². The Morgan fingerprint density at radius 1 is 1.07 bits per heavy atom. The standard InChI is InChI=1S/C19H15Cl2N5O/c1-11(27)22-18-24-19-23-16(12-2-6-14(20)7-3-12)10-17(26(19)25-18)13-4-8-15(21)9-5-13/h2-10,17H,1H3,(H2,22,23,24,25,27). The molecule has 0 radical (unpaired) electrons. The normalized spacial score (nSPS) is 15.5. The molecule has 2 aromatic carbocycles. The molecule has 2 heterocycles. The van der Waals surface area contributed by atoms with Crippen molar-refractivity contribution in [3.8, 4) is 0 Å². The Balaban J connectivity index is 1.79. The molecule has 0 fully saturated rings. The summed E-state index contributed by atoms with van der Waals surface area (Å²) in [5, 5.41) is 11.6. The highest BCUT2D eigenvalue weighted by molar-refractivity contribution is 6.30. The fourth-order valence-corrected chi connectivity index (χ4v) is 3.15. The van der Waals surface area contributed by atoms with Gasteiger partial charge in [-0.3, -0.25) is 10.1 Å². The van der Waals surface area contributed by atoms with Crippen molar-refractivity contribution in [3.05, 3.63) is 75.8 Å². The zero-order chi connectivity index (χ0) is 19.0. The Morgan fingerprint density at radius 2 is 1.70 bits per heavy atom. The van der Waals surface area contributed by atoms with Crippen molar-refractivity contribution in [1.29, 1.82) is 0 Å². The molecule has 6 nitrogen and oxygen atoms in total. The SMILES string of the molecule is CC(=O)Nc1nc2n(n1)C(c1ccc(Cl)cc1)C=C(c1ccc(Cl)cc1)N2. The Labute approximate surface area is 165 Å². The number of amides is 1. The molecule has 4 rings (SSSR count). The largest absolute Gasteiger partial charge is 0.324 e. The van der Waals surface area contributed by atoms with Gasteiger partial charge in [-0.1, -0.05) is 47.5 Å². The van der Waals surface area contributed by atoms with Crippen LogP contribution in [0.2, 0.25) is 10.0 Å². The van der Waals surface area contributed by atoms with Gasteiger partial charge in [-0.05, 0) is 41.5 Å². The van der Waals surface area contributed by atoms with Crippen LogP contribution in [-0.4, -0.2) is 20.7 Å². The average Bonchev–Trinajstić information content (AvgIpc) is 3.03. The molecule has 0 aliphatic carbocycles. The number of benzene rings is 2. The van der Waals surface area contributed by atoms with Crippen LogP contribution in [0.1, 0.15) is 24.1 Å². The van der Waals surface area contributed by atoms with Crippen LogP contribution in [-0.2, 0) is 4.79 Å². The first-order valence-corrected chi connectivity index (χ1v) is 8.99. The molecule has 0 spiro atoms. The third kappa shape index (κ3) is 3.67. The van der Waals surface area contributed by atoms with Gasteiger partial charge in [0.1, 0.15) is 6.04 Å². The number of rotatable bonds is 3.